The maximum atomic E-state index is 10.8. The maximum absolute atomic E-state index is 10.8. The Morgan fingerprint density at radius 2 is 1.92 bits per heavy atom. The molecule has 1 N–H and O–H groups in total. The van der Waals surface area contributed by atoms with E-state index in [1.807, 2.05) is 0 Å². The molecule has 2 rings (SSSR count). The molecule has 1 aliphatic carbocycles. The molecule has 0 fully saturated rings. The summed E-state index contributed by atoms with van der Waals surface area (Å²) in [6, 6.07) is 0. The fraction of sp³-hybridized carbons (Fsp3) is 0.125. The molecular weight excluding hydrogens is 158 g/mol. The molecule has 0 radical (unpaired) electrons. The van der Waals surface area contributed by atoms with E-state index in [4.69, 9.17) is 0 Å². The highest BCUT2D eigenvalue weighted by molar-refractivity contribution is 6.47. The first-order chi connectivity index (χ1) is 5.68. The second kappa shape index (κ2) is 2.22. The molecule has 0 saturated heterocycles. The van der Waals surface area contributed by atoms with Gasteiger partial charge in [-0.1, -0.05) is 0 Å². The minimum absolute atomic E-state index is 0.395. The molecule has 12 heavy (non-hydrogen) atoms. The summed E-state index contributed by atoms with van der Waals surface area (Å²) in [7, 11) is 0. The lowest BCUT2D eigenvalue weighted by Crippen LogP contribution is -2.17. The zero-order valence-corrected chi connectivity index (χ0v) is 6.02. The molecule has 0 amide bonds. The van der Waals surface area contributed by atoms with Crippen LogP contribution in [0.2, 0.25) is 0 Å². The molecule has 0 aromatic carbocycles. The Morgan fingerprint density at radius 1 is 1.25 bits per heavy atom. The van der Waals surface area contributed by atoms with Gasteiger partial charge in [-0.15, -0.1) is 0 Å². The van der Waals surface area contributed by atoms with Crippen molar-refractivity contribution in [2.24, 2.45) is 4.99 Å². The molecule has 1 aliphatic heterocycles. The first-order valence-electron chi connectivity index (χ1n) is 3.42. The predicted octanol–water partition coefficient (Wildman–Crippen LogP) is -0.606. The lowest BCUT2D eigenvalue weighted by molar-refractivity contribution is -0.131. The van der Waals surface area contributed by atoms with Crippen molar-refractivity contribution >= 4 is 17.8 Å². The summed E-state index contributed by atoms with van der Waals surface area (Å²) in [4.78, 5) is 25.4. The number of carbonyl (C=O) groups is 2. The van der Waals surface area contributed by atoms with E-state index in [0.717, 1.165) is 12.2 Å². The third kappa shape index (κ3) is 0.853. The molecule has 0 aromatic heterocycles. The summed E-state index contributed by atoms with van der Waals surface area (Å²) in [6.45, 7) is 0. The Balaban J connectivity index is 2.50. The zero-order valence-electron chi connectivity index (χ0n) is 6.02. The monoisotopic (exact) mass is 163 g/mol. The molecule has 0 aromatic rings. The van der Waals surface area contributed by atoms with Crippen LogP contribution in [0.1, 0.15) is 0 Å². The van der Waals surface area contributed by atoms with E-state index < -0.39 is 17.7 Å². The first-order valence-corrected chi connectivity index (χ1v) is 3.42. The smallest absolute Gasteiger partial charge is 0.227 e. The van der Waals surface area contributed by atoms with Crippen LogP contribution in [0.4, 0.5) is 0 Å². The van der Waals surface area contributed by atoms with Crippen LogP contribution in [-0.2, 0) is 9.59 Å². The van der Waals surface area contributed by atoms with E-state index in [1.54, 1.807) is 0 Å². The highest BCUT2D eigenvalue weighted by Gasteiger charge is 2.26. The van der Waals surface area contributed by atoms with E-state index in [9.17, 15) is 14.7 Å². The van der Waals surface area contributed by atoms with Crippen molar-refractivity contribution in [3.8, 4) is 0 Å². The number of hydrogen-bond donors (Lipinski definition) is 1. The normalized spacial score (nSPS) is 26.9. The fourth-order valence-corrected chi connectivity index (χ4v) is 1.14. The quantitative estimate of drug-likeness (QED) is 0.383. The zero-order chi connectivity index (χ0) is 8.72. The van der Waals surface area contributed by atoms with E-state index in [2.05, 4.69) is 4.99 Å². The molecule has 1 atom stereocenters. The Hall–Kier alpha value is -1.55. The summed E-state index contributed by atoms with van der Waals surface area (Å²) in [6.07, 6.45) is 2.73. The van der Waals surface area contributed by atoms with Crippen molar-refractivity contribution in [1.29, 1.82) is 0 Å². The van der Waals surface area contributed by atoms with Gasteiger partial charge in [-0.05, 0) is 6.08 Å². The van der Waals surface area contributed by atoms with E-state index >= 15 is 0 Å². The molecule has 0 spiro atoms. The average molecular weight is 163 g/mol. The summed E-state index contributed by atoms with van der Waals surface area (Å²) >= 11 is 0. The van der Waals surface area contributed by atoms with Gasteiger partial charge in [0.2, 0.25) is 11.6 Å². The van der Waals surface area contributed by atoms with Gasteiger partial charge < -0.3 is 5.11 Å². The van der Waals surface area contributed by atoms with Crippen molar-refractivity contribution in [3.63, 3.8) is 0 Å². The fourth-order valence-electron chi connectivity index (χ4n) is 1.14. The summed E-state index contributed by atoms with van der Waals surface area (Å²) in [5.74, 6) is -1.18. The van der Waals surface area contributed by atoms with Crippen LogP contribution in [0.25, 0.3) is 0 Å². The minimum atomic E-state index is -0.840. The number of allylic oxidation sites excluding steroid dienone is 2. The van der Waals surface area contributed by atoms with Crippen LogP contribution in [0, 0.1) is 0 Å². The molecular formula is C8H5NO3. The van der Waals surface area contributed by atoms with Gasteiger partial charge in [0.1, 0.15) is 6.10 Å². The van der Waals surface area contributed by atoms with Gasteiger partial charge in [0.25, 0.3) is 0 Å². The van der Waals surface area contributed by atoms with Gasteiger partial charge in [-0.3, -0.25) is 14.6 Å². The third-order valence-electron chi connectivity index (χ3n) is 1.77. The highest BCUT2D eigenvalue weighted by atomic mass is 16.3. The molecule has 2 aliphatic rings. The first kappa shape index (κ1) is 7.12. The molecule has 4 nitrogen and oxygen atoms in total. The topological polar surface area (TPSA) is 66.7 Å². The molecule has 1 unspecified atom stereocenters. The number of hydrogen-bond acceptors (Lipinski definition) is 4. The van der Waals surface area contributed by atoms with Gasteiger partial charge in [-0.2, -0.15) is 0 Å². The number of aliphatic hydroxyl groups is 1. The minimum Gasteiger partial charge on any atom is -0.383 e. The van der Waals surface area contributed by atoms with Gasteiger partial charge in [0.05, 0.1) is 5.70 Å². The van der Waals surface area contributed by atoms with Crippen molar-refractivity contribution in [2.75, 3.05) is 0 Å². The number of rotatable bonds is 0. The van der Waals surface area contributed by atoms with E-state index in [-0.39, 0.29) is 0 Å². The van der Waals surface area contributed by atoms with Crippen molar-refractivity contribution < 1.29 is 14.7 Å². The third-order valence-corrected chi connectivity index (χ3v) is 1.77. The Labute approximate surface area is 67.9 Å². The summed E-state index contributed by atoms with van der Waals surface area (Å²) in [5, 5.41) is 9.21. The lowest BCUT2D eigenvalue weighted by Gasteiger charge is -2.06. The second-order valence-corrected chi connectivity index (χ2v) is 2.58. The Bertz CT molecular complexity index is 362. The van der Waals surface area contributed by atoms with Gasteiger partial charge >= 0.3 is 0 Å². The summed E-state index contributed by atoms with van der Waals surface area (Å²) in [5.41, 5.74) is 0.812. The van der Waals surface area contributed by atoms with Crippen LogP contribution >= 0.6 is 0 Å². The standard InChI is InChI=1S/C8H5NO3/c10-6-1-4-5(2-7(6)11)9-3-8(4)12/h1-3,8,12H. The number of ketones is 2. The number of carbonyl (C=O) groups excluding carboxylic acids is 2. The van der Waals surface area contributed by atoms with Gasteiger partial charge in [0.15, 0.2) is 0 Å². The largest absolute Gasteiger partial charge is 0.383 e. The van der Waals surface area contributed by atoms with Gasteiger partial charge in [0, 0.05) is 17.9 Å². The number of aliphatic hydroxyl groups excluding tert-OH is 1. The van der Waals surface area contributed by atoms with E-state index in [1.165, 1.54) is 6.21 Å². The summed E-state index contributed by atoms with van der Waals surface area (Å²) < 4.78 is 0. The SMILES string of the molecule is O=C1C=C2N=CC(O)C2=CC1=O. The Morgan fingerprint density at radius 3 is 2.67 bits per heavy atom. The van der Waals surface area contributed by atoms with Crippen LogP contribution in [0.3, 0.4) is 0 Å². The lowest BCUT2D eigenvalue weighted by atomic mass is 10.0. The Kier molecular flexibility index (Phi) is 1.31. The van der Waals surface area contributed by atoms with Crippen LogP contribution in [-0.4, -0.2) is 29.0 Å². The number of aliphatic imine (C=N–C) groups is 1. The maximum Gasteiger partial charge on any atom is 0.227 e. The van der Waals surface area contributed by atoms with Gasteiger partial charge in [-0.25, -0.2) is 0 Å². The molecule has 60 valence electrons. The average Bonchev–Trinajstić information content (AvgIpc) is 2.35. The van der Waals surface area contributed by atoms with Crippen molar-refractivity contribution in [1.82, 2.24) is 0 Å². The van der Waals surface area contributed by atoms with Crippen molar-refractivity contribution in [2.45, 2.75) is 6.10 Å². The second-order valence-electron chi connectivity index (χ2n) is 2.58. The highest BCUT2D eigenvalue weighted by Crippen LogP contribution is 2.23. The molecule has 4 heteroatoms. The van der Waals surface area contributed by atoms with Crippen LogP contribution in [0.5, 0.6) is 0 Å². The molecule has 0 bridgehead atoms. The molecule has 0 saturated carbocycles. The van der Waals surface area contributed by atoms with Crippen molar-refractivity contribution in [3.05, 3.63) is 23.4 Å². The molecule has 1 heterocycles. The number of fused-ring (bicyclic) bond motifs is 1. The van der Waals surface area contributed by atoms with Crippen LogP contribution in [0.15, 0.2) is 28.4 Å². The van der Waals surface area contributed by atoms with E-state index in [0.29, 0.717) is 11.3 Å². The predicted molar refractivity (Wildman–Crippen MR) is 40.7 cm³/mol. The number of nitrogens with zero attached hydrogens (tertiary/aromatic N) is 1. The van der Waals surface area contributed by atoms with Crippen LogP contribution < -0.4 is 0 Å².